The van der Waals surface area contributed by atoms with Gasteiger partial charge in [-0.3, -0.25) is 14.9 Å². The Kier molecular flexibility index (Phi) is 13.6. The molecule has 8 nitrogen and oxygen atoms in total. The van der Waals surface area contributed by atoms with Crippen LogP contribution in [0.4, 0.5) is 0 Å². The van der Waals surface area contributed by atoms with Crippen LogP contribution in [0, 0.1) is 0 Å². The highest BCUT2D eigenvalue weighted by Gasteiger charge is 2.21. The number of hydrogen-bond donors (Lipinski definition) is 6. The van der Waals surface area contributed by atoms with Crippen molar-refractivity contribution in [1.82, 2.24) is 16.0 Å². The standard InChI is InChI=1S/C17H33N5O3/c1-3-7-13(4-2)10-14(22-15(23)11-19)17(25)21-12-16(24)20-9-6-5-8-18/h3-4,7,14,16,20,24H,5-6,8-12,18-19H2,1-2H3,(H,21,25)(H,22,23)/b7-3-,13-4+/t14-,16?/m0/s1. The van der Waals surface area contributed by atoms with E-state index in [4.69, 9.17) is 11.5 Å². The Hall–Kier alpha value is -1.74. The molecule has 0 aromatic rings. The lowest BCUT2D eigenvalue weighted by atomic mass is 10.0. The molecule has 0 aliphatic carbocycles. The van der Waals surface area contributed by atoms with E-state index >= 15 is 0 Å². The minimum absolute atomic E-state index is 0.0469. The molecule has 0 rings (SSSR count). The summed E-state index contributed by atoms with van der Waals surface area (Å²) in [4.78, 5) is 23.9. The zero-order chi connectivity index (χ0) is 19.1. The summed E-state index contributed by atoms with van der Waals surface area (Å²) in [5.41, 5.74) is 11.6. The maximum Gasteiger partial charge on any atom is 0.243 e. The Morgan fingerprint density at radius 2 is 1.92 bits per heavy atom. The Morgan fingerprint density at radius 1 is 1.20 bits per heavy atom. The van der Waals surface area contributed by atoms with Crippen LogP contribution in [0.25, 0.3) is 0 Å². The predicted molar refractivity (Wildman–Crippen MR) is 99.5 cm³/mol. The molecule has 0 aliphatic rings. The van der Waals surface area contributed by atoms with Crippen molar-refractivity contribution in [2.45, 2.75) is 45.4 Å². The van der Waals surface area contributed by atoms with Gasteiger partial charge in [-0.05, 0) is 39.8 Å². The summed E-state index contributed by atoms with van der Waals surface area (Å²) >= 11 is 0. The summed E-state index contributed by atoms with van der Waals surface area (Å²) in [5.74, 6) is -0.773. The van der Waals surface area contributed by atoms with Crippen LogP contribution in [0.5, 0.6) is 0 Å². The average molecular weight is 355 g/mol. The van der Waals surface area contributed by atoms with Gasteiger partial charge in [0.15, 0.2) is 0 Å². The first-order chi connectivity index (χ1) is 12.0. The van der Waals surface area contributed by atoms with Gasteiger partial charge in [-0.15, -0.1) is 0 Å². The summed E-state index contributed by atoms with van der Waals surface area (Å²) in [6.07, 6.45) is 6.83. The van der Waals surface area contributed by atoms with Gasteiger partial charge in [0.2, 0.25) is 11.8 Å². The van der Waals surface area contributed by atoms with Crippen LogP contribution in [-0.4, -0.2) is 55.4 Å². The third kappa shape index (κ3) is 11.4. The van der Waals surface area contributed by atoms with E-state index in [1.54, 1.807) is 0 Å². The summed E-state index contributed by atoms with van der Waals surface area (Å²) in [6, 6.07) is -0.747. The van der Waals surface area contributed by atoms with Crippen molar-refractivity contribution in [1.29, 1.82) is 0 Å². The molecular formula is C17H33N5O3. The molecule has 0 bridgehead atoms. The molecule has 0 saturated heterocycles. The Morgan fingerprint density at radius 3 is 2.48 bits per heavy atom. The molecule has 2 amide bonds. The quantitative estimate of drug-likeness (QED) is 0.144. The monoisotopic (exact) mass is 355 g/mol. The number of aliphatic hydroxyl groups is 1. The average Bonchev–Trinajstić information content (AvgIpc) is 2.61. The van der Waals surface area contributed by atoms with E-state index in [9.17, 15) is 14.7 Å². The third-order valence-electron chi connectivity index (χ3n) is 3.51. The van der Waals surface area contributed by atoms with Crippen molar-refractivity contribution in [3.8, 4) is 0 Å². The van der Waals surface area contributed by atoms with Crippen molar-refractivity contribution >= 4 is 11.8 Å². The van der Waals surface area contributed by atoms with Gasteiger partial charge < -0.3 is 27.2 Å². The number of carbonyl (C=O) groups excluding carboxylic acids is 2. The lowest BCUT2D eigenvalue weighted by Crippen LogP contribution is -2.51. The maximum absolute atomic E-state index is 12.4. The molecule has 0 aromatic heterocycles. The van der Waals surface area contributed by atoms with Crippen molar-refractivity contribution < 1.29 is 14.7 Å². The van der Waals surface area contributed by atoms with Crippen molar-refractivity contribution in [2.75, 3.05) is 26.2 Å². The van der Waals surface area contributed by atoms with Gasteiger partial charge in [0.05, 0.1) is 13.1 Å². The van der Waals surface area contributed by atoms with Crippen LogP contribution < -0.4 is 27.4 Å². The molecule has 144 valence electrons. The lowest BCUT2D eigenvalue weighted by molar-refractivity contribution is -0.128. The molecule has 25 heavy (non-hydrogen) atoms. The summed E-state index contributed by atoms with van der Waals surface area (Å²) in [5, 5.41) is 18.0. The van der Waals surface area contributed by atoms with Crippen LogP contribution in [0.3, 0.4) is 0 Å². The highest BCUT2D eigenvalue weighted by atomic mass is 16.3. The molecule has 0 aromatic carbocycles. The fraction of sp³-hybridized carbons (Fsp3) is 0.647. The Balaban J connectivity index is 4.57. The highest BCUT2D eigenvalue weighted by molar-refractivity contribution is 5.88. The van der Waals surface area contributed by atoms with Gasteiger partial charge in [0, 0.05) is 6.42 Å². The van der Waals surface area contributed by atoms with Crippen LogP contribution in [-0.2, 0) is 9.59 Å². The number of nitrogens with one attached hydrogen (secondary N) is 3. The number of aliphatic hydroxyl groups excluding tert-OH is 1. The number of allylic oxidation sites excluding steroid dienone is 3. The normalized spacial score (nSPS) is 14.4. The maximum atomic E-state index is 12.4. The second-order valence-electron chi connectivity index (χ2n) is 5.60. The molecule has 2 atom stereocenters. The molecule has 1 unspecified atom stereocenters. The number of nitrogens with two attached hydrogens (primary N) is 2. The van der Waals surface area contributed by atoms with E-state index < -0.39 is 18.2 Å². The van der Waals surface area contributed by atoms with Crippen molar-refractivity contribution in [3.05, 3.63) is 23.8 Å². The van der Waals surface area contributed by atoms with E-state index in [0.29, 0.717) is 19.5 Å². The number of rotatable bonds is 13. The van der Waals surface area contributed by atoms with E-state index in [2.05, 4.69) is 16.0 Å². The second kappa shape index (κ2) is 14.6. The summed E-state index contributed by atoms with van der Waals surface area (Å²) in [6.45, 7) is 4.82. The highest BCUT2D eigenvalue weighted by Crippen LogP contribution is 2.08. The van der Waals surface area contributed by atoms with Gasteiger partial charge >= 0.3 is 0 Å². The molecule has 8 heteroatoms. The molecule has 0 saturated carbocycles. The topological polar surface area (TPSA) is 142 Å². The van der Waals surface area contributed by atoms with E-state index in [-0.39, 0.29) is 19.0 Å². The van der Waals surface area contributed by atoms with Gasteiger partial charge in [-0.2, -0.15) is 0 Å². The number of hydrogen-bond acceptors (Lipinski definition) is 6. The van der Waals surface area contributed by atoms with Gasteiger partial charge in [-0.25, -0.2) is 0 Å². The lowest BCUT2D eigenvalue weighted by Gasteiger charge is -2.20. The fourth-order valence-electron chi connectivity index (χ4n) is 2.13. The van der Waals surface area contributed by atoms with Gasteiger partial charge in [-0.1, -0.05) is 23.8 Å². The predicted octanol–water partition coefficient (Wildman–Crippen LogP) is -0.894. The molecule has 0 aliphatic heterocycles. The first-order valence-corrected chi connectivity index (χ1v) is 8.65. The van der Waals surface area contributed by atoms with E-state index in [0.717, 1.165) is 18.4 Å². The van der Waals surface area contributed by atoms with Gasteiger partial charge in [0.1, 0.15) is 12.3 Å². The molecule has 0 heterocycles. The largest absolute Gasteiger partial charge is 0.377 e. The van der Waals surface area contributed by atoms with Crippen LogP contribution in [0.15, 0.2) is 23.8 Å². The van der Waals surface area contributed by atoms with Crippen molar-refractivity contribution in [2.24, 2.45) is 11.5 Å². The number of unbranched alkanes of at least 4 members (excludes halogenated alkanes) is 1. The first-order valence-electron chi connectivity index (χ1n) is 8.65. The van der Waals surface area contributed by atoms with Crippen molar-refractivity contribution in [3.63, 3.8) is 0 Å². The zero-order valence-corrected chi connectivity index (χ0v) is 15.3. The van der Waals surface area contributed by atoms with Crippen LogP contribution in [0.1, 0.15) is 33.1 Å². The minimum Gasteiger partial charge on any atom is -0.377 e. The van der Waals surface area contributed by atoms with E-state index in [1.165, 1.54) is 0 Å². The Labute approximate surface area is 150 Å². The first kappa shape index (κ1) is 23.3. The molecule has 0 radical (unpaired) electrons. The third-order valence-corrected chi connectivity index (χ3v) is 3.51. The number of amides is 2. The SMILES string of the molecule is C/C=C\C(=C/C)C[C@H](NC(=O)CN)C(=O)NCC(O)NCCCCN. The fourth-order valence-corrected chi connectivity index (χ4v) is 2.13. The number of carbonyl (C=O) groups is 2. The zero-order valence-electron chi connectivity index (χ0n) is 15.3. The minimum atomic E-state index is -0.857. The summed E-state index contributed by atoms with van der Waals surface area (Å²) < 4.78 is 0. The van der Waals surface area contributed by atoms with Gasteiger partial charge in [0.25, 0.3) is 0 Å². The smallest absolute Gasteiger partial charge is 0.243 e. The second-order valence-corrected chi connectivity index (χ2v) is 5.60. The van der Waals surface area contributed by atoms with Crippen LogP contribution in [0.2, 0.25) is 0 Å². The molecular weight excluding hydrogens is 322 g/mol. The molecule has 0 fully saturated rings. The molecule has 8 N–H and O–H groups in total. The van der Waals surface area contributed by atoms with E-state index in [1.807, 2.05) is 32.1 Å². The summed E-state index contributed by atoms with van der Waals surface area (Å²) in [7, 11) is 0. The van der Waals surface area contributed by atoms with Crippen LogP contribution >= 0.6 is 0 Å². The molecule has 0 spiro atoms. The Bertz CT molecular complexity index is 452.